The number of benzene rings is 1. The minimum Gasteiger partial charge on any atom is -0.486 e. The van der Waals surface area contributed by atoms with Gasteiger partial charge in [-0.05, 0) is 17.5 Å². The molecule has 3 rings (SSSR count). The summed E-state index contributed by atoms with van der Waals surface area (Å²) in [5.74, 6) is 1.58. The van der Waals surface area contributed by atoms with Crippen LogP contribution in [0, 0.1) is 0 Å². The Bertz CT molecular complexity index is 510. The molecule has 0 saturated heterocycles. The van der Waals surface area contributed by atoms with Crippen molar-refractivity contribution >= 4 is 11.3 Å². The molecule has 0 aliphatic carbocycles. The van der Waals surface area contributed by atoms with Crippen LogP contribution in [0.25, 0.3) is 0 Å². The van der Waals surface area contributed by atoms with E-state index in [0.717, 1.165) is 21.9 Å². The Morgan fingerprint density at radius 1 is 1.12 bits per heavy atom. The first-order valence-corrected chi connectivity index (χ1v) is 6.42. The highest BCUT2D eigenvalue weighted by Gasteiger charge is 2.21. The molecule has 0 bridgehead atoms. The number of nitrogens with two attached hydrogens (primary N) is 1. The quantitative estimate of drug-likeness (QED) is 0.887. The molecule has 4 heteroatoms. The zero-order valence-corrected chi connectivity index (χ0v) is 10.1. The molecule has 1 aliphatic rings. The molecular weight excluding hydrogens is 234 g/mol. The van der Waals surface area contributed by atoms with Crippen LogP contribution in [0.3, 0.4) is 0 Å². The molecule has 3 nitrogen and oxygen atoms in total. The minimum atomic E-state index is -0.147. The predicted octanol–water partition coefficient (Wildman–Crippen LogP) is 2.57. The van der Waals surface area contributed by atoms with Crippen LogP contribution < -0.4 is 15.2 Å². The number of hydrogen-bond donors (Lipinski definition) is 1. The molecule has 1 atom stereocenters. The summed E-state index contributed by atoms with van der Waals surface area (Å²) in [5, 5.41) is 2.03. The molecule has 1 aliphatic heterocycles. The molecule has 2 heterocycles. The molecule has 1 aromatic heterocycles. The summed E-state index contributed by atoms with van der Waals surface area (Å²) in [6, 6.07) is 9.77. The summed E-state index contributed by atoms with van der Waals surface area (Å²) in [4.78, 5) is 1.13. The van der Waals surface area contributed by atoms with Gasteiger partial charge in [-0.2, -0.15) is 0 Å². The van der Waals surface area contributed by atoms with Gasteiger partial charge in [0, 0.05) is 10.4 Å². The average molecular weight is 247 g/mol. The number of para-hydroxylation sites is 1. The molecule has 0 radical (unpaired) electrons. The molecule has 0 fully saturated rings. The third kappa shape index (κ3) is 1.90. The number of thiophene rings is 1. The maximum atomic E-state index is 6.26. The zero-order valence-electron chi connectivity index (χ0n) is 9.26. The number of fused-ring (bicyclic) bond motifs is 1. The summed E-state index contributed by atoms with van der Waals surface area (Å²) < 4.78 is 11.2. The summed E-state index contributed by atoms with van der Waals surface area (Å²) in [6.07, 6.45) is 0. The Morgan fingerprint density at radius 3 is 2.82 bits per heavy atom. The van der Waals surface area contributed by atoms with Crippen LogP contribution >= 0.6 is 11.3 Å². The smallest absolute Gasteiger partial charge is 0.166 e. The van der Waals surface area contributed by atoms with E-state index in [2.05, 4.69) is 0 Å². The van der Waals surface area contributed by atoms with E-state index >= 15 is 0 Å². The van der Waals surface area contributed by atoms with Crippen LogP contribution in [0.5, 0.6) is 11.5 Å². The van der Waals surface area contributed by atoms with E-state index in [9.17, 15) is 0 Å². The van der Waals surface area contributed by atoms with Crippen LogP contribution in [0.4, 0.5) is 0 Å². The van der Waals surface area contributed by atoms with Crippen molar-refractivity contribution in [2.24, 2.45) is 5.73 Å². The molecule has 1 aromatic carbocycles. The van der Waals surface area contributed by atoms with Gasteiger partial charge in [0.1, 0.15) is 13.2 Å². The molecular formula is C13H13NO2S. The molecule has 0 unspecified atom stereocenters. The molecule has 0 saturated carbocycles. The first-order chi connectivity index (χ1) is 8.36. The summed E-state index contributed by atoms with van der Waals surface area (Å²) >= 11 is 1.66. The second-order valence-electron chi connectivity index (χ2n) is 3.86. The molecule has 17 heavy (non-hydrogen) atoms. The summed E-state index contributed by atoms with van der Waals surface area (Å²) in [5.41, 5.74) is 7.25. The van der Waals surface area contributed by atoms with Crippen LogP contribution in [0.15, 0.2) is 35.7 Å². The lowest BCUT2D eigenvalue weighted by Crippen LogP contribution is -2.19. The maximum absolute atomic E-state index is 6.26. The monoisotopic (exact) mass is 247 g/mol. The highest BCUT2D eigenvalue weighted by molar-refractivity contribution is 7.10. The third-order valence-corrected chi connectivity index (χ3v) is 3.74. The van der Waals surface area contributed by atoms with Crippen molar-refractivity contribution in [2.75, 3.05) is 13.2 Å². The van der Waals surface area contributed by atoms with Crippen LogP contribution in [-0.2, 0) is 0 Å². The fourth-order valence-electron chi connectivity index (χ4n) is 1.96. The van der Waals surface area contributed by atoms with E-state index in [0.29, 0.717) is 13.2 Å². The van der Waals surface area contributed by atoms with E-state index in [-0.39, 0.29) is 6.04 Å². The van der Waals surface area contributed by atoms with Gasteiger partial charge in [0.25, 0.3) is 0 Å². The van der Waals surface area contributed by atoms with Crippen LogP contribution in [0.1, 0.15) is 16.5 Å². The predicted molar refractivity (Wildman–Crippen MR) is 67.8 cm³/mol. The van der Waals surface area contributed by atoms with Crippen molar-refractivity contribution < 1.29 is 9.47 Å². The standard InChI is InChI=1S/C13H13NO2S/c14-12(11-5-2-8-17-11)9-3-1-4-10-13(9)16-7-6-15-10/h1-5,8,12H,6-7,14H2/t12-/m0/s1. The van der Waals surface area contributed by atoms with Crippen molar-refractivity contribution in [1.82, 2.24) is 0 Å². The van der Waals surface area contributed by atoms with Gasteiger partial charge in [-0.3, -0.25) is 0 Å². The highest BCUT2D eigenvalue weighted by atomic mass is 32.1. The number of ether oxygens (including phenoxy) is 2. The van der Waals surface area contributed by atoms with Crippen molar-refractivity contribution in [2.45, 2.75) is 6.04 Å². The number of rotatable bonds is 2. The lowest BCUT2D eigenvalue weighted by atomic mass is 10.0. The Balaban J connectivity index is 2.03. The van der Waals surface area contributed by atoms with Crippen LogP contribution in [-0.4, -0.2) is 13.2 Å². The molecule has 0 amide bonds. The molecule has 2 aromatic rings. The minimum absolute atomic E-state index is 0.147. The van der Waals surface area contributed by atoms with E-state index in [1.165, 1.54) is 0 Å². The molecule has 0 spiro atoms. The van der Waals surface area contributed by atoms with E-state index in [4.69, 9.17) is 15.2 Å². The van der Waals surface area contributed by atoms with Gasteiger partial charge < -0.3 is 15.2 Å². The van der Waals surface area contributed by atoms with E-state index < -0.39 is 0 Å². The fraction of sp³-hybridized carbons (Fsp3) is 0.231. The van der Waals surface area contributed by atoms with Gasteiger partial charge in [-0.1, -0.05) is 18.2 Å². The number of hydrogen-bond acceptors (Lipinski definition) is 4. The van der Waals surface area contributed by atoms with Crippen LogP contribution in [0.2, 0.25) is 0 Å². The van der Waals surface area contributed by atoms with Crippen molar-refractivity contribution in [3.63, 3.8) is 0 Å². The van der Waals surface area contributed by atoms with Gasteiger partial charge in [-0.25, -0.2) is 0 Å². The highest BCUT2D eigenvalue weighted by Crippen LogP contribution is 2.38. The van der Waals surface area contributed by atoms with Gasteiger partial charge in [0.15, 0.2) is 11.5 Å². The van der Waals surface area contributed by atoms with Gasteiger partial charge in [0.2, 0.25) is 0 Å². The topological polar surface area (TPSA) is 44.5 Å². The van der Waals surface area contributed by atoms with E-state index in [1.807, 2.05) is 35.7 Å². The first-order valence-electron chi connectivity index (χ1n) is 5.54. The van der Waals surface area contributed by atoms with Crippen molar-refractivity contribution in [3.8, 4) is 11.5 Å². The molecule has 88 valence electrons. The maximum Gasteiger partial charge on any atom is 0.166 e. The first kappa shape index (κ1) is 10.6. The zero-order chi connectivity index (χ0) is 11.7. The lowest BCUT2D eigenvalue weighted by molar-refractivity contribution is 0.169. The van der Waals surface area contributed by atoms with Gasteiger partial charge >= 0.3 is 0 Å². The van der Waals surface area contributed by atoms with Crippen molar-refractivity contribution in [3.05, 3.63) is 46.2 Å². The SMILES string of the molecule is N[C@H](c1cccs1)c1cccc2c1OCCO2. The lowest BCUT2D eigenvalue weighted by Gasteiger charge is -2.23. The second kappa shape index (κ2) is 4.39. The largest absolute Gasteiger partial charge is 0.486 e. The Labute approximate surface area is 104 Å². The summed E-state index contributed by atoms with van der Waals surface area (Å²) in [7, 11) is 0. The second-order valence-corrected chi connectivity index (χ2v) is 4.84. The van der Waals surface area contributed by atoms with Gasteiger partial charge in [-0.15, -0.1) is 11.3 Å². The fourth-order valence-corrected chi connectivity index (χ4v) is 2.71. The van der Waals surface area contributed by atoms with Gasteiger partial charge in [0.05, 0.1) is 6.04 Å². The van der Waals surface area contributed by atoms with Crippen molar-refractivity contribution in [1.29, 1.82) is 0 Å². The summed E-state index contributed by atoms with van der Waals surface area (Å²) in [6.45, 7) is 1.19. The Morgan fingerprint density at radius 2 is 2.00 bits per heavy atom. The third-order valence-electron chi connectivity index (χ3n) is 2.78. The Kier molecular flexibility index (Phi) is 2.74. The molecule has 2 N–H and O–H groups in total. The Hall–Kier alpha value is -1.52. The van der Waals surface area contributed by atoms with E-state index in [1.54, 1.807) is 11.3 Å². The normalized spacial score (nSPS) is 15.6. The average Bonchev–Trinajstić information content (AvgIpc) is 2.91.